The standard InChI is InChI=1S/C17H18N6O/c1-4-15(24)21-12-6-5-7-13(8-12)22-17-19-10-18-16-14(11(2)3)9-20-23(16)17/h4-11H,1H2,2-3H3,(H,21,24)(H,18,19,22). The van der Waals surface area contributed by atoms with Gasteiger partial charge in [-0.3, -0.25) is 4.79 Å². The van der Waals surface area contributed by atoms with Crippen molar-refractivity contribution in [1.82, 2.24) is 19.6 Å². The predicted molar refractivity (Wildman–Crippen MR) is 93.4 cm³/mol. The Labute approximate surface area is 139 Å². The highest BCUT2D eigenvalue weighted by atomic mass is 16.1. The van der Waals surface area contributed by atoms with Gasteiger partial charge >= 0.3 is 0 Å². The fourth-order valence-corrected chi connectivity index (χ4v) is 2.32. The molecule has 3 rings (SSSR count). The Bertz CT molecular complexity index is 899. The highest BCUT2D eigenvalue weighted by molar-refractivity contribution is 5.99. The Morgan fingerprint density at radius 1 is 1.29 bits per heavy atom. The maximum atomic E-state index is 11.4. The van der Waals surface area contributed by atoms with E-state index >= 15 is 0 Å². The van der Waals surface area contributed by atoms with Gasteiger partial charge in [-0.2, -0.15) is 9.61 Å². The molecule has 7 nitrogen and oxygen atoms in total. The molecule has 24 heavy (non-hydrogen) atoms. The number of nitrogens with zero attached hydrogens (tertiary/aromatic N) is 4. The van der Waals surface area contributed by atoms with Crippen LogP contribution in [-0.4, -0.2) is 25.5 Å². The minimum Gasteiger partial charge on any atom is -0.324 e. The van der Waals surface area contributed by atoms with E-state index < -0.39 is 0 Å². The summed E-state index contributed by atoms with van der Waals surface area (Å²) in [7, 11) is 0. The SMILES string of the molecule is C=CC(=O)Nc1cccc(Nc2ncnc3c(C(C)C)cnn23)c1. The van der Waals surface area contributed by atoms with Crippen LogP contribution in [0.15, 0.2) is 49.4 Å². The number of rotatable bonds is 5. The molecule has 0 atom stereocenters. The Balaban J connectivity index is 1.91. The number of aromatic nitrogens is 4. The molecule has 2 heterocycles. The first kappa shape index (κ1) is 15.7. The molecule has 0 aliphatic carbocycles. The summed E-state index contributed by atoms with van der Waals surface area (Å²) in [5.74, 6) is 0.618. The molecule has 0 aliphatic heterocycles. The molecule has 0 fully saturated rings. The van der Waals surface area contributed by atoms with Crippen molar-refractivity contribution in [3.05, 3.63) is 55.0 Å². The molecule has 0 radical (unpaired) electrons. The molecule has 3 aromatic rings. The van der Waals surface area contributed by atoms with Gasteiger partial charge in [0.05, 0.1) is 6.20 Å². The molecular formula is C17H18N6O. The predicted octanol–water partition coefficient (Wildman–Crippen LogP) is 3.12. The number of fused-ring (bicyclic) bond motifs is 1. The van der Waals surface area contributed by atoms with Gasteiger partial charge in [0.25, 0.3) is 0 Å². The average Bonchev–Trinajstić information content (AvgIpc) is 3.00. The Kier molecular flexibility index (Phi) is 4.24. The van der Waals surface area contributed by atoms with Crippen LogP contribution in [0.1, 0.15) is 25.3 Å². The third-order valence-electron chi connectivity index (χ3n) is 3.53. The molecule has 1 aromatic carbocycles. The summed E-state index contributed by atoms with van der Waals surface area (Å²) in [6.45, 7) is 7.63. The maximum absolute atomic E-state index is 11.4. The van der Waals surface area contributed by atoms with Crippen molar-refractivity contribution >= 4 is 28.9 Å². The minimum atomic E-state index is -0.259. The second-order valence-electron chi connectivity index (χ2n) is 5.59. The number of hydrogen-bond donors (Lipinski definition) is 2. The summed E-state index contributed by atoms with van der Waals surface area (Å²) >= 11 is 0. The number of carbonyl (C=O) groups excluding carboxylic acids is 1. The lowest BCUT2D eigenvalue weighted by atomic mass is 10.1. The highest BCUT2D eigenvalue weighted by Crippen LogP contribution is 2.22. The number of hydrogen-bond acceptors (Lipinski definition) is 5. The second kappa shape index (κ2) is 6.49. The van der Waals surface area contributed by atoms with E-state index in [1.54, 1.807) is 16.8 Å². The van der Waals surface area contributed by atoms with Gasteiger partial charge in [-0.25, -0.2) is 9.97 Å². The van der Waals surface area contributed by atoms with Crippen molar-refractivity contribution in [3.63, 3.8) is 0 Å². The normalized spacial score (nSPS) is 10.8. The molecule has 0 unspecified atom stereocenters. The summed E-state index contributed by atoms with van der Waals surface area (Å²) < 4.78 is 1.67. The molecule has 0 aliphatic rings. The number of amides is 1. The lowest BCUT2D eigenvalue weighted by Gasteiger charge is -2.09. The quantitative estimate of drug-likeness (QED) is 0.705. The number of nitrogens with one attached hydrogen (secondary N) is 2. The van der Waals surface area contributed by atoms with Crippen molar-refractivity contribution in [1.29, 1.82) is 0 Å². The smallest absolute Gasteiger partial charge is 0.247 e. The van der Waals surface area contributed by atoms with Crippen LogP contribution in [0.2, 0.25) is 0 Å². The first-order valence-corrected chi connectivity index (χ1v) is 7.57. The summed E-state index contributed by atoms with van der Waals surface area (Å²) in [4.78, 5) is 20.0. The zero-order valence-corrected chi connectivity index (χ0v) is 13.5. The maximum Gasteiger partial charge on any atom is 0.247 e. The van der Waals surface area contributed by atoms with Crippen LogP contribution in [0, 0.1) is 0 Å². The first-order valence-electron chi connectivity index (χ1n) is 7.57. The number of anilines is 3. The van der Waals surface area contributed by atoms with Gasteiger partial charge in [0.15, 0.2) is 5.65 Å². The van der Waals surface area contributed by atoms with Crippen LogP contribution < -0.4 is 10.6 Å². The minimum absolute atomic E-state index is 0.259. The van der Waals surface area contributed by atoms with E-state index in [0.717, 1.165) is 16.9 Å². The van der Waals surface area contributed by atoms with Crippen LogP contribution in [0.4, 0.5) is 17.3 Å². The van der Waals surface area contributed by atoms with Crippen LogP contribution in [-0.2, 0) is 4.79 Å². The summed E-state index contributed by atoms with van der Waals surface area (Å²) in [6.07, 6.45) is 4.54. The third-order valence-corrected chi connectivity index (χ3v) is 3.53. The molecule has 7 heteroatoms. The number of carbonyl (C=O) groups is 1. The number of benzene rings is 1. The van der Waals surface area contributed by atoms with Gasteiger partial charge in [-0.1, -0.05) is 26.5 Å². The van der Waals surface area contributed by atoms with Crippen LogP contribution >= 0.6 is 0 Å². The van der Waals surface area contributed by atoms with Crippen molar-refractivity contribution in [2.75, 3.05) is 10.6 Å². The molecule has 2 N–H and O–H groups in total. The van der Waals surface area contributed by atoms with E-state index in [9.17, 15) is 4.79 Å². The van der Waals surface area contributed by atoms with Crippen molar-refractivity contribution in [2.45, 2.75) is 19.8 Å². The van der Waals surface area contributed by atoms with Crippen LogP contribution in [0.5, 0.6) is 0 Å². The first-order chi connectivity index (χ1) is 11.6. The highest BCUT2D eigenvalue weighted by Gasteiger charge is 2.12. The van der Waals surface area contributed by atoms with Crippen LogP contribution in [0.3, 0.4) is 0 Å². The topological polar surface area (TPSA) is 84.2 Å². The van der Waals surface area contributed by atoms with E-state index in [2.05, 4.69) is 46.1 Å². The fourth-order valence-electron chi connectivity index (χ4n) is 2.32. The van der Waals surface area contributed by atoms with E-state index in [0.29, 0.717) is 17.6 Å². The van der Waals surface area contributed by atoms with Gasteiger partial charge in [0.2, 0.25) is 11.9 Å². The van der Waals surface area contributed by atoms with Gasteiger partial charge in [0, 0.05) is 16.9 Å². The van der Waals surface area contributed by atoms with E-state index in [-0.39, 0.29) is 5.91 Å². The molecule has 1 amide bonds. The fraction of sp³-hybridized carbons (Fsp3) is 0.176. The Hall–Kier alpha value is -3.22. The molecule has 2 aromatic heterocycles. The van der Waals surface area contributed by atoms with E-state index in [4.69, 9.17) is 0 Å². The monoisotopic (exact) mass is 322 g/mol. The zero-order valence-electron chi connectivity index (χ0n) is 13.5. The second-order valence-corrected chi connectivity index (χ2v) is 5.59. The van der Waals surface area contributed by atoms with Gasteiger partial charge in [-0.15, -0.1) is 0 Å². The van der Waals surface area contributed by atoms with Crippen molar-refractivity contribution < 1.29 is 4.79 Å². The average molecular weight is 322 g/mol. The molecule has 0 saturated carbocycles. The lowest BCUT2D eigenvalue weighted by molar-refractivity contribution is -0.111. The van der Waals surface area contributed by atoms with Crippen LogP contribution in [0.25, 0.3) is 5.65 Å². The third kappa shape index (κ3) is 3.10. The Morgan fingerprint density at radius 3 is 2.83 bits per heavy atom. The summed E-state index contributed by atoms with van der Waals surface area (Å²) in [5.41, 5.74) is 3.28. The lowest BCUT2D eigenvalue weighted by Crippen LogP contribution is -2.08. The van der Waals surface area contributed by atoms with E-state index in [1.165, 1.54) is 12.4 Å². The van der Waals surface area contributed by atoms with Gasteiger partial charge in [-0.05, 0) is 30.2 Å². The molecule has 122 valence electrons. The molecule has 0 saturated heterocycles. The molecule has 0 spiro atoms. The summed E-state index contributed by atoms with van der Waals surface area (Å²) in [6, 6.07) is 7.32. The van der Waals surface area contributed by atoms with Gasteiger partial charge in [0.1, 0.15) is 6.33 Å². The molecule has 0 bridgehead atoms. The van der Waals surface area contributed by atoms with Crippen molar-refractivity contribution in [2.24, 2.45) is 0 Å². The molecular weight excluding hydrogens is 304 g/mol. The Morgan fingerprint density at radius 2 is 2.08 bits per heavy atom. The van der Waals surface area contributed by atoms with Gasteiger partial charge < -0.3 is 10.6 Å². The van der Waals surface area contributed by atoms with Crippen molar-refractivity contribution in [3.8, 4) is 0 Å². The zero-order chi connectivity index (χ0) is 17.1. The summed E-state index contributed by atoms with van der Waals surface area (Å²) in [5, 5.41) is 10.3. The van der Waals surface area contributed by atoms with E-state index in [1.807, 2.05) is 18.2 Å². The largest absolute Gasteiger partial charge is 0.324 e.